The molecule has 3 aliphatic heterocycles. The van der Waals surface area contributed by atoms with Gasteiger partial charge in [-0.1, -0.05) is 12.1 Å². The number of phenols is 1. The first kappa shape index (κ1) is 28.7. The molecule has 4 rings (SSSR count). The van der Waals surface area contributed by atoms with Crippen LogP contribution in [-0.2, 0) is 28.8 Å². The van der Waals surface area contributed by atoms with E-state index in [0.29, 0.717) is 11.3 Å². The van der Waals surface area contributed by atoms with Crippen molar-refractivity contribution in [3.05, 3.63) is 29.8 Å². The molecule has 3 saturated heterocycles. The Labute approximate surface area is 232 Å². The Hall–Kier alpha value is -4.34. The molecule has 214 valence electrons. The van der Waals surface area contributed by atoms with E-state index >= 15 is 0 Å². The highest BCUT2D eigenvalue weighted by molar-refractivity contribution is 8.02. The maximum absolute atomic E-state index is 13.6. The van der Waals surface area contributed by atoms with Crippen molar-refractivity contribution < 1.29 is 43.8 Å². The highest BCUT2D eigenvalue weighted by atomic mass is 32.2. The maximum Gasteiger partial charge on any atom is 0.327 e. The Bertz CT molecular complexity index is 1290. The second-order valence-electron chi connectivity index (χ2n) is 9.87. The lowest BCUT2D eigenvalue weighted by atomic mass is 9.92. The van der Waals surface area contributed by atoms with Gasteiger partial charge in [0.15, 0.2) is 11.0 Å². The van der Waals surface area contributed by atoms with Crippen LogP contribution in [-0.4, -0.2) is 108 Å². The topological polar surface area (TPSA) is 206 Å². The van der Waals surface area contributed by atoms with E-state index in [-0.39, 0.29) is 30.9 Å². The number of nitrogens with one attached hydrogen (secondary N) is 3. The molecule has 40 heavy (non-hydrogen) atoms. The number of carboxylic acid groups (broad SMARTS) is 1. The summed E-state index contributed by atoms with van der Waals surface area (Å²) in [5.74, 6) is -5.05. The van der Waals surface area contributed by atoms with Crippen LogP contribution in [0.25, 0.3) is 0 Å². The fraction of sp³-hybridized carbons (Fsp3) is 0.458. The molecule has 5 N–H and O–H groups in total. The van der Waals surface area contributed by atoms with Gasteiger partial charge in [-0.2, -0.15) is 0 Å². The number of hydrogen-bond donors (Lipinski definition) is 5. The van der Waals surface area contributed by atoms with Gasteiger partial charge in [-0.25, -0.2) is 9.59 Å². The third-order valence-electron chi connectivity index (χ3n) is 7.05. The number of aromatic hydroxyl groups is 1. The molecule has 1 aromatic rings. The SMILES string of the molecule is CCN1CCN(C(=O)NC(C(=O)N[C@@H]2C(=O)N3[C@@H](C(=O)O)C(C)(C)SC23NC=O)c2ccc(O)cc2)C(=O)C1=O. The van der Waals surface area contributed by atoms with Crippen molar-refractivity contribution >= 4 is 53.8 Å². The van der Waals surface area contributed by atoms with Crippen molar-refractivity contribution in [1.29, 1.82) is 0 Å². The molecule has 2 unspecified atom stereocenters. The van der Waals surface area contributed by atoms with E-state index in [0.717, 1.165) is 16.7 Å². The molecule has 1 aromatic carbocycles. The Morgan fingerprint density at radius 3 is 2.35 bits per heavy atom. The molecule has 3 aliphatic rings. The molecular formula is C24H28N6O9S. The van der Waals surface area contributed by atoms with E-state index in [9.17, 15) is 43.8 Å². The van der Waals surface area contributed by atoms with Gasteiger partial charge >= 0.3 is 23.8 Å². The quantitative estimate of drug-likeness (QED) is 0.138. The number of piperazine rings is 1. The van der Waals surface area contributed by atoms with E-state index in [1.54, 1.807) is 20.8 Å². The summed E-state index contributed by atoms with van der Waals surface area (Å²) in [5.41, 5.74) is 0.165. The first-order valence-corrected chi connectivity index (χ1v) is 13.1. The highest BCUT2D eigenvalue weighted by Crippen LogP contribution is 2.56. The normalized spacial score (nSPS) is 26.0. The summed E-state index contributed by atoms with van der Waals surface area (Å²) in [6.07, 6.45) is 0.295. The molecule has 16 heteroatoms. The van der Waals surface area contributed by atoms with Gasteiger partial charge in [0.05, 0.1) is 0 Å². The summed E-state index contributed by atoms with van der Waals surface area (Å²) < 4.78 is -1.05. The average molecular weight is 577 g/mol. The molecule has 3 heterocycles. The number of fused-ring (bicyclic) bond motifs is 1. The predicted molar refractivity (Wildman–Crippen MR) is 137 cm³/mol. The summed E-state index contributed by atoms with van der Waals surface area (Å²) >= 11 is 0.981. The molecule has 0 bridgehead atoms. The number of β-lactam (4-membered cyclic amide) rings is 1. The molecule has 0 radical (unpaired) electrons. The zero-order valence-electron chi connectivity index (χ0n) is 21.7. The fourth-order valence-corrected chi connectivity index (χ4v) is 6.93. The van der Waals surface area contributed by atoms with Crippen LogP contribution in [0.1, 0.15) is 32.4 Å². The number of amides is 7. The van der Waals surface area contributed by atoms with E-state index < -0.39 is 63.5 Å². The van der Waals surface area contributed by atoms with Gasteiger partial charge in [-0.3, -0.25) is 33.8 Å². The lowest BCUT2D eigenvalue weighted by molar-refractivity contribution is -0.171. The average Bonchev–Trinajstić information content (AvgIpc) is 3.11. The zero-order valence-corrected chi connectivity index (χ0v) is 22.6. The Kier molecular flexibility index (Phi) is 7.40. The number of rotatable bonds is 8. The van der Waals surface area contributed by atoms with E-state index in [4.69, 9.17) is 0 Å². The van der Waals surface area contributed by atoms with E-state index in [1.807, 2.05) is 0 Å². The summed E-state index contributed by atoms with van der Waals surface area (Å²) in [5, 5.41) is 26.8. The van der Waals surface area contributed by atoms with Crippen molar-refractivity contribution in [3.8, 4) is 5.75 Å². The molecule has 7 amide bonds. The standard InChI is InChI=1S/C24H28N6O9S/c1-4-28-9-10-29(20(36)19(28)35)22(39)26-14(12-5-7-13(32)8-6-12)17(33)27-15-18(34)30-16(21(37)38)23(2,3)40-24(15,30)25-11-31/h5-8,11,14-16,32H,4,9-10H2,1-3H3,(H,25,31)(H,26,39)(H,27,33)(H,37,38)/t14?,15-,16+,24?/m1/s1. The lowest BCUT2D eigenvalue weighted by Crippen LogP contribution is -2.82. The molecule has 15 nitrogen and oxygen atoms in total. The van der Waals surface area contributed by atoms with Crippen molar-refractivity contribution in [1.82, 2.24) is 30.7 Å². The number of carboxylic acids is 1. The van der Waals surface area contributed by atoms with Crippen molar-refractivity contribution in [2.24, 2.45) is 0 Å². The van der Waals surface area contributed by atoms with Gasteiger partial charge in [-0.05, 0) is 38.5 Å². The smallest absolute Gasteiger partial charge is 0.327 e. The highest BCUT2D eigenvalue weighted by Gasteiger charge is 2.74. The third-order valence-corrected chi connectivity index (χ3v) is 8.66. The first-order chi connectivity index (χ1) is 18.8. The molecule has 0 aliphatic carbocycles. The Morgan fingerprint density at radius 1 is 1.12 bits per heavy atom. The fourth-order valence-electron chi connectivity index (χ4n) is 5.14. The van der Waals surface area contributed by atoms with Crippen LogP contribution < -0.4 is 16.0 Å². The Balaban J connectivity index is 1.61. The minimum absolute atomic E-state index is 0.106. The van der Waals surface area contributed by atoms with E-state index in [2.05, 4.69) is 16.0 Å². The second kappa shape index (κ2) is 10.3. The predicted octanol–water partition coefficient (Wildman–Crippen LogP) is -1.46. The van der Waals surface area contributed by atoms with Crippen molar-refractivity contribution in [3.63, 3.8) is 0 Å². The first-order valence-electron chi connectivity index (χ1n) is 12.3. The van der Waals surface area contributed by atoms with Crippen molar-refractivity contribution in [2.75, 3.05) is 19.6 Å². The second-order valence-corrected chi connectivity index (χ2v) is 11.7. The summed E-state index contributed by atoms with van der Waals surface area (Å²) in [7, 11) is 0. The van der Waals surface area contributed by atoms with Gasteiger partial charge in [0.1, 0.15) is 17.8 Å². The molecule has 0 spiro atoms. The van der Waals surface area contributed by atoms with Crippen molar-refractivity contribution in [2.45, 2.75) is 48.6 Å². The number of hydrogen-bond acceptors (Lipinski definition) is 9. The lowest BCUT2D eigenvalue weighted by Gasteiger charge is -2.52. The third kappa shape index (κ3) is 4.57. The number of imide groups is 1. The number of benzene rings is 1. The number of carbonyl (C=O) groups is 7. The van der Waals surface area contributed by atoms with Gasteiger partial charge in [0.2, 0.25) is 12.3 Å². The van der Waals surface area contributed by atoms with Gasteiger partial charge in [0, 0.05) is 24.4 Å². The Morgan fingerprint density at radius 2 is 1.77 bits per heavy atom. The van der Waals surface area contributed by atoms with Crippen LogP contribution in [0.3, 0.4) is 0 Å². The van der Waals surface area contributed by atoms with Crippen LogP contribution in [0.4, 0.5) is 4.79 Å². The van der Waals surface area contributed by atoms with Gasteiger partial charge in [0.25, 0.3) is 5.91 Å². The number of phenolic OH excluding ortho intramolecular Hbond substituents is 1. The van der Waals surface area contributed by atoms with E-state index in [1.165, 1.54) is 29.2 Å². The number of thioether (sulfide) groups is 1. The largest absolute Gasteiger partial charge is 0.508 e. The summed E-state index contributed by atoms with van der Waals surface area (Å²) in [6, 6.07) is -0.0509. The monoisotopic (exact) mass is 576 g/mol. The number of likely N-dealkylation sites (N-methyl/N-ethyl adjacent to an activating group) is 1. The van der Waals surface area contributed by atoms with Gasteiger partial charge < -0.3 is 31.1 Å². The minimum atomic E-state index is -1.61. The van der Waals surface area contributed by atoms with Crippen LogP contribution in [0.2, 0.25) is 0 Å². The number of urea groups is 1. The molecule has 4 atom stereocenters. The molecule has 0 saturated carbocycles. The minimum Gasteiger partial charge on any atom is -0.508 e. The summed E-state index contributed by atoms with van der Waals surface area (Å²) in [6.45, 7) is 5.13. The summed E-state index contributed by atoms with van der Waals surface area (Å²) in [4.78, 5) is 89.4. The van der Waals surface area contributed by atoms with Crippen LogP contribution in [0.15, 0.2) is 24.3 Å². The zero-order chi connectivity index (χ0) is 29.6. The molecule has 0 aromatic heterocycles. The number of aliphatic carboxylic acids is 1. The van der Waals surface area contributed by atoms with Crippen LogP contribution >= 0.6 is 11.8 Å². The molecular weight excluding hydrogens is 548 g/mol. The van der Waals surface area contributed by atoms with Crippen LogP contribution in [0.5, 0.6) is 5.75 Å². The van der Waals surface area contributed by atoms with Gasteiger partial charge in [-0.15, -0.1) is 11.8 Å². The molecule has 3 fully saturated rings. The number of nitrogens with zero attached hydrogens (tertiary/aromatic N) is 3. The van der Waals surface area contributed by atoms with Crippen LogP contribution in [0, 0.1) is 0 Å². The number of carbonyl (C=O) groups excluding carboxylic acids is 6. The maximum atomic E-state index is 13.6.